The number of rotatable bonds is 3. The van der Waals surface area contributed by atoms with E-state index in [9.17, 15) is 5.11 Å². The molecule has 1 N–H and O–H groups in total. The Morgan fingerprint density at radius 1 is 1.46 bits per heavy atom. The third-order valence-corrected chi connectivity index (χ3v) is 2.28. The van der Waals surface area contributed by atoms with Crippen LogP contribution in [0.5, 0.6) is 5.75 Å². The van der Waals surface area contributed by atoms with E-state index in [0.29, 0.717) is 6.54 Å². The van der Waals surface area contributed by atoms with Crippen LogP contribution in [0.25, 0.3) is 0 Å². The Bertz CT molecular complexity index is 312. The number of halogens is 2. The second-order valence-electron chi connectivity index (χ2n) is 2.43. The molecule has 0 fully saturated rings. The molecule has 4 heteroatoms. The van der Waals surface area contributed by atoms with Gasteiger partial charge in [-0.2, -0.15) is 0 Å². The van der Waals surface area contributed by atoms with Gasteiger partial charge in [0.15, 0.2) is 0 Å². The zero-order valence-corrected chi connectivity index (χ0v) is 10.0. The van der Waals surface area contributed by atoms with Gasteiger partial charge in [0, 0.05) is 28.1 Å². The van der Waals surface area contributed by atoms with Crippen molar-refractivity contribution < 1.29 is 5.11 Å². The molecule has 0 aromatic heterocycles. The fourth-order valence-corrected chi connectivity index (χ4v) is 1.42. The van der Waals surface area contributed by atoms with E-state index in [4.69, 9.17) is 0 Å². The first kappa shape index (κ1) is 10.7. The second-order valence-corrected chi connectivity index (χ2v) is 4.14. The lowest BCUT2D eigenvalue weighted by Gasteiger charge is -1.98. The molecule has 1 aromatic carbocycles. The van der Waals surface area contributed by atoms with Gasteiger partial charge in [-0.25, -0.2) is 0 Å². The highest BCUT2D eigenvalue weighted by Gasteiger charge is 1.97. The van der Waals surface area contributed by atoms with E-state index in [2.05, 4.69) is 36.9 Å². The molecule has 0 aliphatic heterocycles. The quantitative estimate of drug-likeness (QED) is 0.676. The summed E-state index contributed by atoms with van der Waals surface area (Å²) in [4.78, 5) is 4.11. The second kappa shape index (κ2) is 5.40. The first-order valence-electron chi connectivity index (χ1n) is 3.78. The van der Waals surface area contributed by atoms with Crippen molar-refractivity contribution in [1.29, 1.82) is 0 Å². The predicted molar refractivity (Wildman–Crippen MR) is 62.1 cm³/mol. The Morgan fingerprint density at radius 2 is 2.23 bits per heavy atom. The number of benzene rings is 1. The van der Waals surface area contributed by atoms with Gasteiger partial charge < -0.3 is 5.11 Å². The van der Waals surface area contributed by atoms with Gasteiger partial charge in [-0.1, -0.05) is 31.9 Å². The molecule has 0 aliphatic rings. The summed E-state index contributed by atoms with van der Waals surface area (Å²) in [5, 5.41) is 10.2. The molecule has 13 heavy (non-hydrogen) atoms. The molecule has 70 valence electrons. The molecule has 0 heterocycles. The van der Waals surface area contributed by atoms with Crippen molar-refractivity contribution in [3.05, 3.63) is 28.2 Å². The molecule has 0 radical (unpaired) electrons. The van der Waals surface area contributed by atoms with Crippen LogP contribution < -0.4 is 0 Å². The van der Waals surface area contributed by atoms with Crippen LogP contribution in [-0.2, 0) is 0 Å². The third kappa shape index (κ3) is 3.48. The van der Waals surface area contributed by atoms with E-state index in [1.54, 1.807) is 18.3 Å². The highest BCUT2D eigenvalue weighted by molar-refractivity contribution is 9.10. The molecule has 0 saturated heterocycles. The Hall–Kier alpha value is -0.350. The third-order valence-electron chi connectivity index (χ3n) is 1.43. The van der Waals surface area contributed by atoms with Crippen LogP contribution in [0.1, 0.15) is 5.56 Å². The zero-order valence-electron chi connectivity index (χ0n) is 6.87. The van der Waals surface area contributed by atoms with E-state index in [-0.39, 0.29) is 5.75 Å². The van der Waals surface area contributed by atoms with Crippen LogP contribution in [0.3, 0.4) is 0 Å². The number of alkyl halides is 1. The molecule has 0 saturated carbocycles. The first-order valence-corrected chi connectivity index (χ1v) is 5.70. The molecule has 0 aliphatic carbocycles. The largest absolute Gasteiger partial charge is 0.507 e. The average molecular weight is 307 g/mol. The predicted octanol–water partition coefficient (Wildman–Crippen LogP) is 2.97. The zero-order chi connectivity index (χ0) is 9.68. The summed E-state index contributed by atoms with van der Waals surface area (Å²) in [7, 11) is 0. The molecule has 0 atom stereocenters. The number of phenolic OH excluding ortho intramolecular Hbond substituents is 1. The van der Waals surface area contributed by atoms with Gasteiger partial charge in [-0.15, -0.1) is 0 Å². The van der Waals surface area contributed by atoms with Crippen molar-refractivity contribution >= 4 is 38.1 Å². The number of phenols is 1. The topological polar surface area (TPSA) is 32.6 Å². The van der Waals surface area contributed by atoms with E-state index < -0.39 is 0 Å². The van der Waals surface area contributed by atoms with Crippen LogP contribution in [0.2, 0.25) is 0 Å². The Kier molecular flexibility index (Phi) is 4.45. The number of aromatic hydroxyl groups is 1. The fraction of sp³-hybridized carbons (Fsp3) is 0.222. The lowest BCUT2D eigenvalue weighted by molar-refractivity contribution is 0.474. The number of hydrogen-bond donors (Lipinski definition) is 1. The van der Waals surface area contributed by atoms with Gasteiger partial charge in [0.1, 0.15) is 5.75 Å². The average Bonchev–Trinajstić information content (AvgIpc) is 2.11. The summed E-state index contributed by atoms with van der Waals surface area (Å²) in [5.74, 6) is 0.251. The van der Waals surface area contributed by atoms with Crippen molar-refractivity contribution in [3.63, 3.8) is 0 Å². The summed E-state index contributed by atoms with van der Waals surface area (Å²) in [6, 6.07) is 5.25. The lowest BCUT2D eigenvalue weighted by Crippen LogP contribution is -1.86. The van der Waals surface area contributed by atoms with Crippen LogP contribution in [0.15, 0.2) is 27.7 Å². The highest BCUT2D eigenvalue weighted by Crippen LogP contribution is 2.19. The molecule has 1 aromatic rings. The van der Waals surface area contributed by atoms with Crippen molar-refractivity contribution in [2.75, 3.05) is 11.9 Å². The molecule has 0 bridgehead atoms. The van der Waals surface area contributed by atoms with Gasteiger partial charge >= 0.3 is 0 Å². The van der Waals surface area contributed by atoms with Crippen molar-refractivity contribution in [2.45, 2.75) is 0 Å². The molecular weight excluding hydrogens is 298 g/mol. The minimum Gasteiger partial charge on any atom is -0.507 e. The maximum absolute atomic E-state index is 9.41. The number of aliphatic imine (C=N–C) groups is 1. The van der Waals surface area contributed by atoms with Gasteiger partial charge in [0.05, 0.1) is 0 Å². The SMILES string of the molecule is Oc1ccc(Br)cc1C=NCCBr. The summed E-state index contributed by atoms with van der Waals surface area (Å²) < 4.78 is 0.936. The van der Waals surface area contributed by atoms with Crippen molar-refractivity contribution in [2.24, 2.45) is 4.99 Å². The number of hydrogen-bond acceptors (Lipinski definition) is 2. The van der Waals surface area contributed by atoms with E-state index in [1.165, 1.54) is 0 Å². The van der Waals surface area contributed by atoms with E-state index >= 15 is 0 Å². The molecular formula is C9H9Br2NO. The summed E-state index contributed by atoms with van der Waals surface area (Å²) in [5.41, 5.74) is 0.732. The summed E-state index contributed by atoms with van der Waals surface area (Å²) in [6.07, 6.45) is 1.67. The summed E-state index contributed by atoms with van der Waals surface area (Å²) in [6.45, 7) is 0.714. The lowest BCUT2D eigenvalue weighted by atomic mass is 10.2. The van der Waals surface area contributed by atoms with Crippen LogP contribution in [0.4, 0.5) is 0 Å². The van der Waals surface area contributed by atoms with Crippen molar-refractivity contribution in [3.8, 4) is 5.75 Å². The van der Waals surface area contributed by atoms with Crippen molar-refractivity contribution in [1.82, 2.24) is 0 Å². The van der Waals surface area contributed by atoms with Gasteiger partial charge in [0.2, 0.25) is 0 Å². The molecule has 0 amide bonds. The van der Waals surface area contributed by atoms with Crippen LogP contribution in [-0.4, -0.2) is 23.2 Å². The minimum atomic E-state index is 0.251. The van der Waals surface area contributed by atoms with Gasteiger partial charge in [-0.05, 0) is 18.2 Å². The first-order chi connectivity index (χ1) is 6.24. The van der Waals surface area contributed by atoms with Crippen LogP contribution in [0, 0.1) is 0 Å². The molecule has 0 unspecified atom stereocenters. The standard InChI is InChI=1S/C9H9Br2NO/c10-3-4-12-6-7-5-8(11)1-2-9(7)13/h1-2,5-6,13H,3-4H2. The normalized spacial score (nSPS) is 10.9. The smallest absolute Gasteiger partial charge is 0.124 e. The summed E-state index contributed by atoms with van der Waals surface area (Å²) >= 11 is 6.59. The maximum atomic E-state index is 9.41. The van der Waals surface area contributed by atoms with Crippen LogP contribution >= 0.6 is 31.9 Å². The monoisotopic (exact) mass is 305 g/mol. The Balaban J connectivity index is 2.81. The minimum absolute atomic E-state index is 0.251. The molecule has 2 nitrogen and oxygen atoms in total. The van der Waals surface area contributed by atoms with E-state index in [1.807, 2.05) is 6.07 Å². The molecule has 0 spiro atoms. The van der Waals surface area contributed by atoms with Gasteiger partial charge in [0.25, 0.3) is 0 Å². The van der Waals surface area contributed by atoms with Gasteiger partial charge in [-0.3, -0.25) is 4.99 Å². The fourth-order valence-electron chi connectivity index (χ4n) is 0.840. The number of nitrogens with zero attached hydrogens (tertiary/aromatic N) is 1. The Morgan fingerprint density at radius 3 is 2.92 bits per heavy atom. The molecule has 1 rings (SSSR count). The Labute approximate surface area is 94.0 Å². The maximum Gasteiger partial charge on any atom is 0.124 e. The highest BCUT2D eigenvalue weighted by atomic mass is 79.9. The van der Waals surface area contributed by atoms with E-state index in [0.717, 1.165) is 15.4 Å².